The zero-order valence-corrected chi connectivity index (χ0v) is 27.8. The van der Waals surface area contributed by atoms with Gasteiger partial charge in [0.2, 0.25) is 0 Å². The fraction of sp³-hybridized carbons (Fsp3) is 0.114. The van der Waals surface area contributed by atoms with Gasteiger partial charge in [0, 0.05) is 21.1 Å². The first-order valence-electron chi connectivity index (χ1n) is 13.7. The van der Waals surface area contributed by atoms with Crippen LogP contribution in [0, 0.1) is 18.8 Å². The van der Waals surface area contributed by atoms with Gasteiger partial charge in [-0.3, -0.25) is 0 Å². The fourth-order valence-corrected chi connectivity index (χ4v) is 6.97. The molecule has 218 valence electrons. The number of ether oxygens (including phenoxy) is 1. The standard InChI is InChI=1S/C35H28N5OSe.Pt/c1-35(2,3)25-14-17-37-34(20-25)40-30-15-16-36-23-33(30)42-32-13-12-29(22-31(32)40)41-28-11-7-10-27(21-28)39-19-18-38(24-39)26-8-5-4-6-9-26;/h4-20,23-24H,1-3H3;/q-3;. The van der Waals surface area contributed by atoms with Crippen LogP contribution >= 0.6 is 0 Å². The number of para-hydroxylation sites is 1. The van der Waals surface area contributed by atoms with Crippen LogP contribution in [0.4, 0.5) is 28.6 Å². The van der Waals surface area contributed by atoms with Crippen LogP contribution in [0.3, 0.4) is 0 Å². The maximum absolute atomic E-state index is 6.36. The summed E-state index contributed by atoms with van der Waals surface area (Å²) in [5.41, 5.74) is 5.23. The van der Waals surface area contributed by atoms with Gasteiger partial charge in [0.15, 0.2) is 0 Å². The van der Waals surface area contributed by atoms with Crippen molar-refractivity contribution in [2.24, 2.45) is 0 Å². The summed E-state index contributed by atoms with van der Waals surface area (Å²) in [5, 5.41) is 0. The molecule has 0 bridgehead atoms. The topological polar surface area (TPSA) is 44.7 Å². The van der Waals surface area contributed by atoms with Gasteiger partial charge in [-0.25, -0.2) is 0 Å². The number of rotatable bonds is 5. The second-order valence-corrected chi connectivity index (χ2v) is 13.3. The van der Waals surface area contributed by atoms with E-state index in [1.54, 1.807) is 0 Å². The molecule has 0 amide bonds. The Labute approximate surface area is 273 Å². The Morgan fingerprint density at radius 2 is 1.63 bits per heavy atom. The van der Waals surface area contributed by atoms with Crippen molar-refractivity contribution in [1.29, 1.82) is 0 Å². The maximum Gasteiger partial charge on any atom is 0 e. The number of anilines is 5. The van der Waals surface area contributed by atoms with Crippen molar-refractivity contribution in [1.82, 2.24) is 9.97 Å². The van der Waals surface area contributed by atoms with Gasteiger partial charge in [-0.2, -0.15) is 0 Å². The van der Waals surface area contributed by atoms with Crippen molar-refractivity contribution in [3.63, 3.8) is 0 Å². The molecule has 0 aliphatic carbocycles. The van der Waals surface area contributed by atoms with E-state index in [-0.39, 0.29) is 41.4 Å². The number of hydrogen-bond acceptors (Lipinski definition) is 6. The molecule has 0 atom stereocenters. The van der Waals surface area contributed by atoms with Crippen LogP contribution in [0.15, 0.2) is 110 Å². The zero-order valence-electron chi connectivity index (χ0n) is 23.8. The van der Waals surface area contributed by atoms with E-state index in [0.29, 0.717) is 11.5 Å². The Morgan fingerprint density at radius 3 is 2.47 bits per heavy atom. The van der Waals surface area contributed by atoms with Crippen LogP contribution in [-0.2, 0) is 26.5 Å². The second kappa shape index (κ2) is 12.0. The van der Waals surface area contributed by atoms with Crippen LogP contribution < -0.4 is 28.4 Å². The number of hydrogen-bond donors (Lipinski definition) is 0. The minimum atomic E-state index is -0.00305. The second-order valence-electron chi connectivity index (χ2n) is 11.0. The van der Waals surface area contributed by atoms with Crippen LogP contribution in [-0.4, -0.2) is 24.9 Å². The van der Waals surface area contributed by atoms with E-state index in [2.05, 4.69) is 84.1 Å². The molecule has 0 unspecified atom stereocenters. The first kappa shape index (κ1) is 29.2. The van der Waals surface area contributed by atoms with E-state index in [0.717, 1.165) is 28.6 Å². The third kappa shape index (κ3) is 5.99. The van der Waals surface area contributed by atoms with Crippen molar-refractivity contribution in [2.75, 3.05) is 14.7 Å². The van der Waals surface area contributed by atoms with Crippen molar-refractivity contribution in [3.05, 3.63) is 134 Å². The largest absolute Gasteiger partial charge is 0 e. The summed E-state index contributed by atoms with van der Waals surface area (Å²) in [6, 6.07) is 33.6. The molecule has 7 rings (SSSR count). The number of aromatic nitrogens is 2. The summed E-state index contributed by atoms with van der Waals surface area (Å²) in [6.45, 7) is 8.68. The minimum Gasteiger partial charge on any atom is 0 e. The Hall–Kier alpha value is -3.89. The normalized spacial score (nSPS) is 13.8. The molecular formula is C35H28N5OPtSe-3. The predicted molar refractivity (Wildman–Crippen MR) is 169 cm³/mol. The molecule has 2 aliphatic rings. The Bertz CT molecular complexity index is 1790. The summed E-state index contributed by atoms with van der Waals surface area (Å²) in [4.78, 5) is 15.5. The SMILES string of the molecule is CC(C)(C)c1ccnc(N2c3[c-]c(Oc4[c-]c(N5C=CN(c6ccccc6)[CH-]5)ccc4)ccc3[Se]c3cnccc32)c1.[Pt]. The average Bonchev–Trinajstić information content (AvgIpc) is 3.51. The van der Waals surface area contributed by atoms with Gasteiger partial charge in [0.25, 0.3) is 0 Å². The molecule has 5 aromatic rings. The summed E-state index contributed by atoms with van der Waals surface area (Å²) >= 11 is 0.0840. The van der Waals surface area contributed by atoms with Crippen LogP contribution in [0.2, 0.25) is 0 Å². The number of nitrogens with zero attached hydrogens (tertiary/aromatic N) is 5. The molecule has 0 N–H and O–H groups in total. The molecule has 6 nitrogen and oxygen atoms in total. The molecule has 0 radical (unpaired) electrons. The molecule has 0 saturated carbocycles. The third-order valence-corrected chi connectivity index (χ3v) is 9.36. The molecule has 43 heavy (non-hydrogen) atoms. The van der Waals surface area contributed by atoms with E-state index >= 15 is 0 Å². The van der Waals surface area contributed by atoms with Crippen molar-refractivity contribution in [2.45, 2.75) is 26.2 Å². The van der Waals surface area contributed by atoms with E-state index < -0.39 is 0 Å². The molecule has 2 aliphatic heterocycles. The molecule has 8 heteroatoms. The monoisotopic (exact) mass is 809 g/mol. The number of fused-ring (bicyclic) bond motifs is 2. The van der Waals surface area contributed by atoms with Gasteiger partial charge >= 0.3 is 223 Å². The average molecular weight is 809 g/mol. The summed E-state index contributed by atoms with van der Waals surface area (Å²) < 4.78 is 8.78. The third-order valence-electron chi connectivity index (χ3n) is 7.09. The van der Waals surface area contributed by atoms with Gasteiger partial charge in [0.1, 0.15) is 0 Å². The van der Waals surface area contributed by atoms with Crippen molar-refractivity contribution in [3.8, 4) is 11.5 Å². The summed E-state index contributed by atoms with van der Waals surface area (Å²) in [6.07, 6.45) is 9.73. The van der Waals surface area contributed by atoms with E-state index in [4.69, 9.17) is 9.72 Å². The molecule has 0 saturated heterocycles. The Balaban J connectivity index is 0.00000329. The van der Waals surface area contributed by atoms with E-state index in [9.17, 15) is 0 Å². The molecule has 3 aromatic carbocycles. The van der Waals surface area contributed by atoms with Crippen LogP contribution in [0.1, 0.15) is 26.3 Å². The molecule has 0 fully saturated rings. The summed E-state index contributed by atoms with van der Waals surface area (Å²) in [7, 11) is 0. The zero-order chi connectivity index (χ0) is 28.7. The molecular weight excluding hydrogens is 780 g/mol. The van der Waals surface area contributed by atoms with Crippen LogP contribution in [0.25, 0.3) is 0 Å². The molecule has 2 aromatic heterocycles. The first-order chi connectivity index (χ1) is 20.4. The van der Waals surface area contributed by atoms with Gasteiger partial charge in [0.05, 0.1) is 0 Å². The van der Waals surface area contributed by atoms with Gasteiger partial charge in [-0.1, -0.05) is 18.2 Å². The van der Waals surface area contributed by atoms with Gasteiger partial charge in [-0.05, 0) is 12.1 Å². The van der Waals surface area contributed by atoms with Gasteiger partial charge < -0.3 is 0 Å². The number of pyridine rings is 2. The Kier molecular flexibility index (Phi) is 8.15. The maximum atomic E-state index is 6.36. The summed E-state index contributed by atoms with van der Waals surface area (Å²) in [5.74, 6) is 2.10. The molecule has 0 spiro atoms. The predicted octanol–water partition coefficient (Wildman–Crippen LogP) is 6.52. The van der Waals surface area contributed by atoms with Gasteiger partial charge in [-0.15, -0.1) is 0 Å². The fourth-order valence-electron chi connectivity index (χ4n) is 4.89. The first-order valence-corrected chi connectivity index (χ1v) is 15.4. The molecule has 4 heterocycles. The van der Waals surface area contributed by atoms with Crippen LogP contribution in [0.5, 0.6) is 11.5 Å². The number of benzene rings is 3. The van der Waals surface area contributed by atoms with E-state index in [1.165, 1.54) is 14.5 Å². The van der Waals surface area contributed by atoms with E-state index in [1.807, 2.05) is 85.0 Å². The van der Waals surface area contributed by atoms with Crippen molar-refractivity contribution >= 4 is 52.4 Å². The van der Waals surface area contributed by atoms with Crippen molar-refractivity contribution < 1.29 is 25.8 Å². The quantitative estimate of drug-likeness (QED) is 0.146. The smallest absolute Gasteiger partial charge is 0 e. The Morgan fingerprint density at radius 1 is 0.814 bits per heavy atom. The minimum absolute atomic E-state index is 0.